The van der Waals surface area contributed by atoms with Gasteiger partial charge in [-0.3, -0.25) is 13.6 Å². The Morgan fingerprint density at radius 2 is 1.65 bits per heavy atom. The van der Waals surface area contributed by atoms with Gasteiger partial charge in [-0.1, -0.05) is 34.1 Å². The van der Waals surface area contributed by atoms with Gasteiger partial charge in [0.25, 0.3) is 0 Å². The van der Waals surface area contributed by atoms with Crippen LogP contribution in [0.25, 0.3) is 0 Å². The summed E-state index contributed by atoms with van der Waals surface area (Å²) >= 11 is 3.41. The van der Waals surface area contributed by atoms with Crippen LogP contribution in [0.15, 0.2) is 30.3 Å². The lowest BCUT2D eigenvalue weighted by Crippen LogP contribution is -2.17. The standard InChI is InChI=1S/C13H20BrO5P/c1-3-17-20(15,18-4-2)19-11-12(14)10-16-13-8-6-5-7-9-13/h5-9,12H,3-4,10-11H2,1-2H3/t12-/m0/s1. The second kappa shape index (κ2) is 9.53. The lowest BCUT2D eigenvalue weighted by Gasteiger charge is -2.18. The first-order valence-corrected chi connectivity index (χ1v) is 8.83. The van der Waals surface area contributed by atoms with Crippen LogP contribution in [0.3, 0.4) is 0 Å². The summed E-state index contributed by atoms with van der Waals surface area (Å²) < 4.78 is 32.9. The first-order chi connectivity index (χ1) is 9.59. The number of halogens is 1. The maximum Gasteiger partial charge on any atom is 0.474 e. The van der Waals surface area contributed by atoms with Crippen LogP contribution in [-0.4, -0.2) is 31.3 Å². The molecule has 0 saturated heterocycles. The average molecular weight is 367 g/mol. The first-order valence-electron chi connectivity index (χ1n) is 6.45. The highest BCUT2D eigenvalue weighted by atomic mass is 79.9. The molecule has 1 aromatic rings. The van der Waals surface area contributed by atoms with Crippen molar-refractivity contribution in [3.63, 3.8) is 0 Å². The Morgan fingerprint density at radius 3 is 2.20 bits per heavy atom. The molecule has 7 heteroatoms. The van der Waals surface area contributed by atoms with Crippen molar-refractivity contribution in [3.05, 3.63) is 30.3 Å². The number of ether oxygens (including phenoxy) is 1. The van der Waals surface area contributed by atoms with Crippen LogP contribution in [0.1, 0.15) is 13.8 Å². The van der Waals surface area contributed by atoms with E-state index in [1.165, 1.54) is 0 Å². The Labute approximate surface area is 128 Å². The summed E-state index contributed by atoms with van der Waals surface area (Å²) in [5, 5.41) is 0. The summed E-state index contributed by atoms with van der Waals surface area (Å²) in [7, 11) is -3.45. The third kappa shape index (κ3) is 6.86. The zero-order valence-electron chi connectivity index (χ0n) is 11.7. The number of para-hydroxylation sites is 1. The number of benzene rings is 1. The van der Waals surface area contributed by atoms with Crippen LogP contribution in [0.4, 0.5) is 0 Å². The summed E-state index contributed by atoms with van der Waals surface area (Å²) in [6, 6.07) is 9.45. The van der Waals surface area contributed by atoms with Gasteiger partial charge in [-0.2, -0.15) is 0 Å². The maximum atomic E-state index is 12.1. The molecule has 0 N–H and O–H groups in total. The highest BCUT2D eigenvalue weighted by Gasteiger charge is 2.26. The molecule has 1 aromatic carbocycles. The van der Waals surface area contributed by atoms with E-state index in [9.17, 15) is 4.57 Å². The number of phosphoric ester groups is 1. The lowest BCUT2D eigenvalue weighted by atomic mass is 10.3. The van der Waals surface area contributed by atoms with Crippen molar-refractivity contribution in [1.29, 1.82) is 0 Å². The van der Waals surface area contributed by atoms with Crippen LogP contribution in [0.2, 0.25) is 0 Å². The fourth-order valence-corrected chi connectivity index (χ4v) is 3.04. The fraction of sp³-hybridized carbons (Fsp3) is 0.538. The third-order valence-electron chi connectivity index (χ3n) is 2.16. The molecule has 0 radical (unpaired) electrons. The highest BCUT2D eigenvalue weighted by Crippen LogP contribution is 2.49. The molecule has 0 fully saturated rings. The molecule has 5 nitrogen and oxygen atoms in total. The molecule has 114 valence electrons. The van der Waals surface area contributed by atoms with Crippen LogP contribution in [-0.2, 0) is 18.1 Å². The van der Waals surface area contributed by atoms with Crippen molar-refractivity contribution in [3.8, 4) is 5.75 Å². The molecule has 0 amide bonds. The Hall–Kier alpha value is -0.390. The molecule has 1 rings (SSSR count). The lowest BCUT2D eigenvalue weighted by molar-refractivity contribution is 0.118. The van der Waals surface area contributed by atoms with Gasteiger partial charge in [0.1, 0.15) is 12.4 Å². The van der Waals surface area contributed by atoms with Gasteiger partial charge in [-0.05, 0) is 26.0 Å². The van der Waals surface area contributed by atoms with Crippen molar-refractivity contribution >= 4 is 23.8 Å². The predicted octanol–water partition coefficient (Wildman–Crippen LogP) is 4.03. The van der Waals surface area contributed by atoms with Crippen molar-refractivity contribution in [2.24, 2.45) is 0 Å². The summed E-state index contributed by atoms with van der Waals surface area (Å²) in [4.78, 5) is -0.114. The molecule has 0 aliphatic carbocycles. The van der Waals surface area contributed by atoms with Crippen molar-refractivity contribution in [2.75, 3.05) is 26.4 Å². The minimum atomic E-state index is -3.45. The second-order valence-corrected chi connectivity index (χ2v) is 6.76. The van der Waals surface area contributed by atoms with Crippen LogP contribution in [0.5, 0.6) is 5.75 Å². The molecule has 0 aromatic heterocycles. The highest BCUT2D eigenvalue weighted by molar-refractivity contribution is 9.09. The van der Waals surface area contributed by atoms with E-state index in [1.807, 2.05) is 30.3 Å². The minimum Gasteiger partial charge on any atom is -0.492 e. The summed E-state index contributed by atoms with van der Waals surface area (Å²) in [5.41, 5.74) is 0. The monoisotopic (exact) mass is 366 g/mol. The van der Waals surface area contributed by atoms with E-state index >= 15 is 0 Å². The number of hydrogen-bond donors (Lipinski definition) is 0. The van der Waals surface area contributed by atoms with Crippen molar-refractivity contribution < 1.29 is 22.9 Å². The Bertz CT molecular complexity index is 404. The number of alkyl halides is 1. The Kier molecular flexibility index (Phi) is 8.41. The normalized spacial score (nSPS) is 13.2. The van der Waals surface area contributed by atoms with Crippen LogP contribution in [0, 0.1) is 0 Å². The zero-order valence-corrected chi connectivity index (χ0v) is 14.1. The van der Waals surface area contributed by atoms with Crippen molar-refractivity contribution in [2.45, 2.75) is 18.7 Å². The minimum absolute atomic E-state index is 0.114. The number of phosphoric acid groups is 1. The van der Waals surface area contributed by atoms with E-state index in [4.69, 9.17) is 18.3 Å². The van der Waals surface area contributed by atoms with Gasteiger partial charge < -0.3 is 4.74 Å². The SMILES string of the molecule is CCOP(=O)(OCC)OC[C@@H](Br)COc1ccccc1. The molecular formula is C13H20BrO5P. The molecule has 20 heavy (non-hydrogen) atoms. The quantitative estimate of drug-likeness (QED) is 0.462. The van der Waals surface area contributed by atoms with E-state index in [0.717, 1.165) is 5.75 Å². The van der Waals surface area contributed by atoms with Gasteiger partial charge in [0.15, 0.2) is 0 Å². The van der Waals surface area contributed by atoms with E-state index in [2.05, 4.69) is 15.9 Å². The van der Waals surface area contributed by atoms with Crippen molar-refractivity contribution in [1.82, 2.24) is 0 Å². The van der Waals surface area contributed by atoms with Crippen LogP contribution >= 0.6 is 23.8 Å². The van der Waals surface area contributed by atoms with Crippen LogP contribution < -0.4 is 4.74 Å². The molecule has 0 saturated carbocycles. The molecular weight excluding hydrogens is 347 g/mol. The maximum absolute atomic E-state index is 12.1. The average Bonchev–Trinajstić information content (AvgIpc) is 2.45. The van der Waals surface area contributed by atoms with Gasteiger partial charge in [0.05, 0.1) is 24.6 Å². The molecule has 0 bridgehead atoms. The first kappa shape index (κ1) is 17.7. The fourth-order valence-electron chi connectivity index (χ4n) is 1.35. The van der Waals surface area contributed by atoms with E-state index in [1.54, 1.807) is 13.8 Å². The second-order valence-electron chi connectivity index (χ2n) is 3.80. The van der Waals surface area contributed by atoms with Gasteiger partial charge >= 0.3 is 7.82 Å². The topological polar surface area (TPSA) is 54.0 Å². The molecule has 0 spiro atoms. The summed E-state index contributed by atoms with van der Waals surface area (Å²) in [6.45, 7) is 4.57. The van der Waals surface area contributed by atoms with E-state index < -0.39 is 7.82 Å². The molecule has 0 aliphatic heterocycles. The van der Waals surface area contributed by atoms with Gasteiger partial charge in [0.2, 0.25) is 0 Å². The van der Waals surface area contributed by atoms with Gasteiger partial charge in [-0.25, -0.2) is 4.57 Å². The van der Waals surface area contributed by atoms with E-state index in [-0.39, 0.29) is 24.6 Å². The smallest absolute Gasteiger partial charge is 0.474 e. The summed E-state index contributed by atoms with van der Waals surface area (Å²) in [6.07, 6.45) is 0. The van der Waals surface area contributed by atoms with E-state index in [0.29, 0.717) is 6.61 Å². The molecule has 0 unspecified atom stereocenters. The number of hydrogen-bond acceptors (Lipinski definition) is 5. The Balaban J connectivity index is 2.34. The largest absolute Gasteiger partial charge is 0.492 e. The number of rotatable bonds is 10. The molecule has 0 heterocycles. The predicted molar refractivity (Wildman–Crippen MR) is 81.5 cm³/mol. The molecule has 0 aliphatic rings. The van der Waals surface area contributed by atoms with Gasteiger partial charge in [0, 0.05) is 0 Å². The molecule has 1 atom stereocenters. The van der Waals surface area contributed by atoms with Gasteiger partial charge in [-0.15, -0.1) is 0 Å². The summed E-state index contributed by atoms with van der Waals surface area (Å²) in [5.74, 6) is 0.773. The third-order valence-corrected chi connectivity index (χ3v) is 4.30. The zero-order chi connectivity index (χ0) is 14.8. The Morgan fingerprint density at radius 1 is 1.05 bits per heavy atom.